The van der Waals surface area contributed by atoms with Crippen LogP contribution in [0.5, 0.6) is 5.75 Å². The number of anilines is 1. The molecular formula is C19H24N2O4S. The van der Waals surface area contributed by atoms with E-state index in [4.69, 9.17) is 9.88 Å². The quantitative estimate of drug-likeness (QED) is 0.654. The maximum atomic E-state index is 12.3. The third-order valence-electron chi connectivity index (χ3n) is 3.80. The number of rotatable bonds is 9. The van der Waals surface area contributed by atoms with Crippen molar-refractivity contribution >= 4 is 21.6 Å². The number of nitrogens with two attached hydrogens (primary N) is 1. The van der Waals surface area contributed by atoms with E-state index in [1.54, 1.807) is 30.3 Å². The molecule has 26 heavy (non-hydrogen) atoms. The first-order valence-corrected chi connectivity index (χ1v) is 10.1. The molecule has 0 saturated carbocycles. The van der Waals surface area contributed by atoms with Crippen LogP contribution in [0.15, 0.2) is 53.4 Å². The summed E-state index contributed by atoms with van der Waals surface area (Å²) >= 11 is 0. The molecule has 0 aromatic heterocycles. The van der Waals surface area contributed by atoms with Crippen LogP contribution < -0.4 is 15.2 Å². The van der Waals surface area contributed by atoms with E-state index in [0.717, 1.165) is 12.8 Å². The summed E-state index contributed by atoms with van der Waals surface area (Å²) in [7, 11) is -3.81. The second-order valence-corrected chi connectivity index (χ2v) is 7.52. The highest BCUT2D eigenvalue weighted by Gasteiger charge is 2.10. The Labute approximate surface area is 154 Å². The predicted molar refractivity (Wildman–Crippen MR) is 102 cm³/mol. The van der Waals surface area contributed by atoms with Crippen LogP contribution in [0, 0.1) is 0 Å². The van der Waals surface area contributed by atoms with Crippen LogP contribution in [0.25, 0.3) is 0 Å². The molecule has 0 aliphatic rings. The highest BCUT2D eigenvalue weighted by molar-refractivity contribution is 7.89. The van der Waals surface area contributed by atoms with Crippen molar-refractivity contribution in [2.45, 2.75) is 37.5 Å². The standard InChI is InChI=1S/C19H24N2O4S/c1-2-3-4-5-13-25-17-11-9-15(10-12-17)19(22)21-16-7-6-8-18(14-16)26(20,23)24/h6-12,14H,2-5,13H2,1H3,(H,21,22)(H2,20,23,24). The number of unbranched alkanes of at least 4 members (excludes halogenated alkanes) is 3. The third kappa shape index (κ3) is 6.16. The first-order valence-electron chi connectivity index (χ1n) is 8.57. The van der Waals surface area contributed by atoms with Crippen molar-refractivity contribution in [3.8, 4) is 5.75 Å². The number of nitrogens with one attached hydrogen (secondary N) is 1. The molecule has 2 aromatic rings. The number of carbonyl (C=O) groups is 1. The molecule has 0 spiro atoms. The summed E-state index contributed by atoms with van der Waals surface area (Å²) in [6.45, 7) is 2.82. The summed E-state index contributed by atoms with van der Waals surface area (Å²) in [4.78, 5) is 12.2. The van der Waals surface area contributed by atoms with Crippen molar-refractivity contribution in [2.24, 2.45) is 5.14 Å². The van der Waals surface area contributed by atoms with E-state index in [1.807, 2.05) is 0 Å². The maximum absolute atomic E-state index is 12.3. The topological polar surface area (TPSA) is 98.5 Å². The summed E-state index contributed by atoms with van der Waals surface area (Å²) in [5.74, 6) is 0.375. The number of ether oxygens (including phenoxy) is 1. The SMILES string of the molecule is CCCCCCOc1ccc(C(=O)Nc2cccc(S(N)(=O)=O)c2)cc1. The monoisotopic (exact) mass is 376 g/mol. The van der Waals surface area contributed by atoms with Crippen LogP contribution in [0.3, 0.4) is 0 Å². The van der Waals surface area contributed by atoms with E-state index < -0.39 is 10.0 Å². The molecule has 3 N–H and O–H groups in total. The van der Waals surface area contributed by atoms with Crippen molar-refractivity contribution in [1.82, 2.24) is 0 Å². The molecule has 0 aliphatic heterocycles. The van der Waals surface area contributed by atoms with E-state index in [-0.39, 0.29) is 10.8 Å². The van der Waals surface area contributed by atoms with Gasteiger partial charge in [-0.1, -0.05) is 32.3 Å². The Balaban J connectivity index is 1.94. The Morgan fingerprint density at radius 1 is 1.08 bits per heavy atom. The molecule has 140 valence electrons. The largest absolute Gasteiger partial charge is 0.494 e. The fourth-order valence-electron chi connectivity index (χ4n) is 2.38. The Morgan fingerprint density at radius 2 is 1.81 bits per heavy atom. The number of benzene rings is 2. The maximum Gasteiger partial charge on any atom is 0.255 e. The Morgan fingerprint density at radius 3 is 2.46 bits per heavy atom. The van der Waals surface area contributed by atoms with Gasteiger partial charge >= 0.3 is 0 Å². The summed E-state index contributed by atoms with van der Waals surface area (Å²) in [5, 5.41) is 7.75. The molecule has 0 fully saturated rings. The number of carbonyl (C=O) groups excluding carboxylic acids is 1. The minimum atomic E-state index is -3.81. The lowest BCUT2D eigenvalue weighted by atomic mass is 10.2. The number of amides is 1. The Kier molecular flexibility index (Phi) is 7.17. The minimum Gasteiger partial charge on any atom is -0.494 e. The van der Waals surface area contributed by atoms with Crippen molar-refractivity contribution < 1.29 is 17.9 Å². The zero-order valence-corrected chi connectivity index (χ0v) is 15.6. The van der Waals surface area contributed by atoms with Gasteiger partial charge in [-0.15, -0.1) is 0 Å². The first-order chi connectivity index (χ1) is 12.4. The molecule has 7 heteroatoms. The van der Waals surface area contributed by atoms with Gasteiger partial charge in [-0.2, -0.15) is 0 Å². The molecule has 0 atom stereocenters. The molecule has 0 heterocycles. The normalized spacial score (nSPS) is 11.2. The number of sulfonamides is 1. The second-order valence-electron chi connectivity index (χ2n) is 5.96. The highest BCUT2D eigenvalue weighted by atomic mass is 32.2. The fraction of sp³-hybridized carbons (Fsp3) is 0.316. The molecule has 1 amide bonds. The lowest BCUT2D eigenvalue weighted by molar-refractivity contribution is 0.102. The molecule has 0 aliphatic carbocycles. The zero-order valence-electron chi connectivity index (χ0n) is 14.8. The average molecular weight is 376 g/mol. The molecule has 0 unspecified atom stereocenters. The van der Waals surface area contributed by atoms with Crippen LogP contribution in [0.4, 0.5) is 5.69 Å². The van der Waals surface area contributed by atoms with Gasteiger partial charge in [0.15, 0.2) is 0 Å². The van der Waals surface area contributed by atoms with Crippen LogP contribution >= 0.6 is 0 Å². The van der Waals surface area contributed by atoms with E-state index in [2.05, 4.69) is 12.2 Å². The van der Waals surface area contributed by atoms with Crippen molar-refractivity contribution in [3.05, 3.63) is 54.1 Å². The fourth-order valence-corrected chi connectivity index (χ4v) is 2.93. The molecule has 2 rings (SSSR count). The number of primary sulfonamides is 1. The van der Waals surface area contributed by atoms with Crippen LogP contribution in [0.2, 0.25) is 0 Å². The van der Waals surface area contributed by atoms with Gasteiger partial charge < -0.3 is 10.1 Å². The van der Waals surface area contributed by atoms with Crippen LogP contribution in [-0.4, -0.2) is 20.9 Å². The molecular weight excluding hydrogens is 352 g/mol. The average Bonchev–Trinajstić information content (AvgIpc) is 2.61. The zero-order chi connectivity index (χ0) is 19.0. The van der Waals surface area contributed by atoms with Crippen LogP contribution in [-0.2, 0) is 10.0 Å². The van der Waals surface area contributed by atoms with Crippen LogP contribution in [0.1, 0.15) is 43.0 Å². The molecule has 6 nitrogen and oxygen atoms in total. The Bertz CT molecular complexity index is 833. The van der Waals surface area contributed by atoms with Crippen molar-refractivity contribution in [1.29, 1.82) is 0 Å². The molecule has 0 radical (unpaired) electrons. The second kappa shape index (κ2) is 9.35. The van der Waals surface area contributed by atoms with Crippen molar-refractivity contribution in [3.63, 3.8) is 0 Å². The molecule has 2 aromatic carbocycles. The van der Waals surface area contributed by atoms with Gasteiger partial charge in [-0.3, -0.25) is 4.79 Å². The summed E-state index contributed by atoms with van der Waals surface area (Å²) in [6.07, 6.45) is 4.55. The summed E-state index contributed by atoms with van der Waals surface area (Å²) in [6, 6.07) is 12.6. The Hall–Kier alpha value is -2.38. The minimum absolute atomic E-state index is 0.0536. The first kappa shape index (κ1) is 19.9. The van der Waals surface area contributed by atoms with E-state index in [1.165, 1.54) is 31.0 Å². The van der Waals surface area contributed by atoms with Gasteiger partial charge in [0, 0.05) is 11.3 Å². The van der Waals surface area contributed by atoms with Gasteiger partial charge in [-0.25, -0.2) is 13.6 Å². The van der Waals surface area contributed by atoms with E-state index in [0.29, 0.717) is 23.6 Å². The van der Waals surface area contributed by atoms with Gasteiger partial charge in [0.2, 0.25) is 10.0 Å². The summed E-state index contributed by atoms with van der Waals surface area (Å²) in [5.41, 5.74) is 0.808. The predicted octanol–water partition coefficient (Wildman–Crippen LogP) is 3.55. The summed E-state index contributed by atoms with van der Waals surface area (Å²) < 4.78 is 28.4. The van der Waals surface area contributed by atoms with E-state index >= 15 is 0 Å². The third-order valence-corrected chi connectivity index (χ3v) is 4.71. The smallest absolute Gasteiger partial charge is 0.255 e. The number of hydrogen-bond donors (Lipinski definition) is 2. The molecule has 0 bridgehead atoms. The lowest BCUT2D eigenvalue weighted by Gasteiger charge is -2.09. The van der Waals surface area contributed by atoms with Gasteiger partial charge in [0.25, 0.3) is 5.91 Å². The number of hydrogen-bond acceptors (Lipinski definition) is 4. The molecule has 0 saturated heterocycles. The van der Waals surface area contributed by atoms with Gasteiger partial charge in [0.1, 0.15) is 5.75 Å². The highest BCUT2D eigenvalue weighted by Crippen LogP contribution is 2.17. The lowest BCUT2D eigenvalue weighted by Crippen LogP contribution is -2.14. The van der Waals surface area contributed by atoms with Gasteiger partial charge in [-0.05, 0) is 48.9 Å². The van der Waals surface area contributed by atoms with Crippen molar-refractivity contribution in [2.75, 3.05) is 11.9 Å². The van der Waals surface area contributed by atoms with E-state index in [9.17, 15) is 13.2 Å². The van der Waals surface area contributed by atoms with Gasteiger partial charge in [0.05, 0.1) is 11.5 Å².